The normalized spacial score (nSPS) is 18.7. The van der Waals surface area contributed by atoms with E-state index in [1.807, 2.05) is 0 Å². The van der Waals surface area contributed by atoms with E-state index in [9.17, 15) is 0 Å². The number of guanidine groups is 1. The van der Waals surface area contributed by atoms with E-state index in [0.717, 1.165) is 0 Å². The summed E-state index contributed by atoms with van der Waals surface area (Å²) >= 11 is 0. The Morgan fingerprint density at radius 1 is 1.27 bits per heavy atom. The predicted molar refractivity (Wildman–Crippen MR) is 46.8 cm³/mol. The van der Waals surface area contributed by atoms with Crippen molar-refractivity contribution in [1.82, 2.24) is 0 Å². The van der Waals surface area contributed by atoms with Crippen molar-refractivity contribution >= 4 is 42.5 Å². The van der Waals surface area contributed by atoms with Crippen molar-refractivity contribution in [1.29, 1.82) is 5.41 Å². The summed E-state index contributed by atoms with van der Waals surface area (Å²) in [5, 5.41) is 7.03. The van der Waals surface area contributed by atoms with Gasteiger partial charge in [0.1, 0.15) is 12.1 Å². The Hall–Kier alpha value is -1.36. The first-order valence-corrected chi connectivity index (χ1v) is 2.68. The summed E-state index contributed by atoms with van der Waals surface area (Å²) in [7, 11) is 0. The molecular formula is C5H4ClN5. The van der Waals surface area contributed by atoms with Crippen LogP contribution in [0, 0.1) is 5.41 Å². The van der Waals surface area contributed by atoms with E-state index in [1.165, 1.54) is 12.6 Å². The van der Waals surface area contributed by atoms with Gasteiger partial charge in [-0.3, -0.25) is 5.41 Å². The number of nitrogens with one attached hydrogen (secondary N) is 1. The first kappa shape index (κ1) is 7.74. The molecule has 1 N–H and O–H groups in total. The fraction of sp³-hybridized carbons (Fsp3) is 0. The summed E-state index contributed by atoms with van der Waals surface area (Å²) < 4.78 is 0. The minimum atomic E-state index is -0.0204. The number of aliphatic imine (C=N–C) groups is 4. The molecule has 2 heterocycles. The molecule has 2 rings (SSSR count). The molecule has 2 aliphatic rings. The smallest absolute Gasteiger partial charge is 0.243 e. The standard InChI is InChI=1S/C5H3N5.ClH/c6-5-7-1-3-4(10-5)9-2-8-3;/h1-2,6H;1H. The highest BCUT2D eigenvalue weighted by Gasteiger charge is 2.13. The number of hydrogen-bond donors (Lipinski definition) is 1. The first-order chi connectivity index (χ1) is 4.86. The zero-order chi connectivity index (χ0) is 6.97. The lowest BCUT2D eigenvalue weighted by Gasteiger charge is -1.97. The number of halogens is 1. The molecule has 6 heteroatoms. The molecule has 0 fully saturated rings. The average molecular weight is 170 g/mol. The van der Waals surface area contributed by atoms with Crippen molar-refractivity contribution < 1.29 is 0 Å². The molecule has 0 aromatic rings. The van der Waals surface area contributed by atoms with Gasteiger partial charge in [-0.1, -0.05) is 0 Å². The van der Waals surface area contributed by atoms with E-state index in [1.54, 1.807) is 0 Å². The van der Waals surface area contributed by atoms with Gasteiger partial charge in [0.25, 0.3) is 0 Å². The number of fused-ring (bicyclic) bond motifs is 1. The van der Waals surface area contributed by atoms with Gasteiger partial charge in [-0.05, 0) is 0 Å². The van der Waals surface area contributed by atoms with Gasteiger partial charge in [0, 0.05) is 0 Å². The third-order valence-corrected chi connectivity index (χ3v) is 1.13. The maximum atomic E-state index is 7.03. The summed E-state index contributed by atoms with van der Waals surface area (Å²) in [6.07, 6.45) is 2.89. The Morgan fingerprint density at radius 2 is 2.09 bits per heavy atom. The van der Waals surface area contributed by atoms with Gasteiger partial charge < -0.3 is 0 Å². The van der Waals surface area contributed by atoms with Gasteiger partial charge >= 0.3 is 0 Å². The molecule has 0 amide bonds. The van der Waals surface area contributed by atoms with Gasteiger partial charge in [0.15, 0.2) is 5.84 Å². The summed E-state index contributed by atoms with van der Waals surface area (Å²) in [5.74, 6) is 0.466. The Labute approximate surface area is 68.6 Å². The van der Waals surface area contributed by atoms with Crippen molar-refractivity contribution in [3.05, 3.63) is 0 Å². The van der Waals surface area contributed by atoms with Crippen molar-refractivity contribution in [2.75, 3.05) is 0 Å². The van der Waals surface area contributed by atoms with Gasteiger partial charge in [-0.2, -0.15) is 4.99 Å². The van der Waals surface area contributed by atoms with E-state index < -0.39 is 0 Å². The molecule has 0 unspecified atom stereocenters. The molecule has 0 saturated carbocycles. The lowest BCUT2D eigenvalue weighted by molar-refractivity contribution is 1.37. The van der Waals surface area contributed by atoms with Crippen molar-refractivity contribution in [3.63, 3.8) is 0 Å². The van der Waals surface area contributed by atoms with Crippen LogP contribution in [-0.4, -0.2) is 30.1 Å². The summed E-state index contributed by atoms with van der Waals surface area (Å²) in [5.41, 5.74) is 0.635. The topological polar surface area (TPSA) is 73.3 Å². The van der Waals surface area contributed by atoms with Crippen LogP contribution in [0.3, 0.4) is 0 Å². The van der Waals surface area contributed by atoms with Crippen LogP contribution in [-0.2, 0) is 0 Å². The Kier molecular flexibility index (Phi) is 1.91. The molecule has 5 nitrogen and oxygen atoms in total. The van der Waals surface area contributed by atoms with Crippen LogP contribution < -0.4 is 0 Å². The highest BCUT2D eigenvalue weighted by molar-refractivity contribution is 6.67. The number of rotatable bonds is 0. The molecule has 0 atom stereocenters. The van der Waals surface area contributed by atoms with E-state index in [4.69, 9.17) is 5.41 Å². The van der Waals surface area contributed by atoms with Crippen LogP contribution in [0.4, 0.5) is 0 Å². The van der Waals surface area contributed by atoms with Gasteiger partial charge in [0.05, 0.1) is 6.21 Å². The van der Waals surface area contributed by atoms with E-state index in [2.05, 4.69) is 20.0 Å². The number of amidine groups is 1. The molecule has 0 aromatic heterocycles. The van der Waals surface area contributed by atoms with Crippen LogP contribution >= 0.6 is 12.4 Å². The van der Waals surface area contributed by atoms with Gasteiger partial charge in [0.2, 0.25) is 5.96 Å². The molecule has 0 saturated heterocycles. The van der Waals surface area contributed by atoms with Crippen LogP contribution in [0.5, 0.6) is 0 Å². The van der Waals surface area contributed by atoms with E-state index in [0.29, 0.717) is 11.5 Å². The predicted octanol–water partition coefficient (Wildman–Crippen LogP) is 0.309. The van der Waals surface area contributed by atoms with Crippen LogP contribution in [0.1, 0.15) is 0 Å². The maximum Gasteiger partial charge on any atom is 0.243 e. The molecule has 0 bridgehead atoms. The Balaban J connectivity index is 0.000000605. The van der Waals surface area contributed by atoms with Crippen molar-refractivity contribution in [2.24, 2.45) is 20.0 Å². The largest absolute Gasteiger partial charge is 0.265 e. The highest BCUT2D eigenvalue weighted by Crippen LogP contribution is 1.98. The monoisotopic (exact) mass is 169 g/mol. The minimum Gasteiger partial charge on any atom is -0.265 e. The molecular weight excluding hydrogens is 166 g/mol. The number of hydrogen-bond acceptors (Lipinski definition) is 3. The SMILES string of the molecule is Cl.N=C1N=CC2=NC=NC2=N1. The lowest BCUT2D eigenvalue weighted by Crippen LogP contribution is -2.16. The number of nitrogens with zero attached hydrogens (tertiary/aromatic N) is 4. The maximum absolute atomic E-state index is 7.03. The van der Waals surface area contributed by atoms with Crippen LogP contribution in [0.15, 0.2) is 20.0 Å². The summed E-state index contributed by atoms with van der Waals surface area (Å²) in [4.78, 5) is 15.0. The zero-order valence-corrected chi connectivity index (χ0v) is 6.17. The molecule has 2 aliphatic heterocycles. The fourth-order valence-electron chi connectivity index (χ4n) is 0.698. The molecule has 0 radical (unpaired) electrons. The minimum absolute atomic E-state index is 0. The second-order valence-electron chi connectivity index (χ2n) is 1.78. The molecule has 0 aromatic carbocycles. The summed E-state index contributed by atoms with van der Waals surface area (Å²) in [6.45, 7) is 0. The van der Waals surface area contributed by atoms with E-state index in [-0.39, 0.29) is 18.4 Å². The van der Waals surface area contributed by atoms with Crippen molar-refractivity contribution in [2.45, 2.75) is 0 Å². The molecule has 0 spiro atoms. The van der Waals surface area contributed by atoms with Gasteiger partial charge in [-0.25, -0.2) is 15.0 Å². The van der Waals surface area contributed by atoms with Crippen molar-refractivity contribution in [3.8, 4) is 0 Å². The third kappa shape index (κ3) is 1.22. The average Bonchev–Trinajstić information content (AvgIpc) is 2.33. The zero-order valence-electron chi connectivity index (χ0n) is 5.35. The van der Waals surface area contributed by atoms with Gasteiger partial charge in [-0.15, -0.1) is 12.4 Å². The Bertz CT molecular complexity index is 311. The van der Waals surface area contributed by atoms with E-state index >= 15 is 0 Å². The highest BCUT2D eigenvalue weighted by atomic mass is 35.5. The molecule has 0 aliphatic carbocycles. The lowest BCUT2D eigenvalue weighted by atomic mass is 10.3. The quantitative estimate of drug-likeness (QED) is 0.542. The summed E-state index contributed by atoms with van der Waals surface area (Å²) in [6, 6.07) is 0. The Morgan fingerprint density at radius 3 is 2.91 bits per heavy atom. The molecule has 56 valence electrons. The molecule has 11 heavy (non-hydrogen) atoms. The van der Waals surface area contributed by atoms with Crippen LogP contribution in [0.25, 0.3) is 0 Å². The first-order valence-electron chi connectivity index (χ1n) is 2.68. The fourth-order valence-corrected chi connectivity index (χ4v) is 0.698. The van der Waals surface area contributed by atoms with Crippen LogP contribution in [0.2, 0.25) is 0 Å². The third-order valence-electron chi connectivity index (χ3n) is 1.13. The second kappa shape index (κ2) is 2.71. The second-order valence-corrected chi connectivity index (χ2v) is 1.78.